The van der Waals surface area contributed by atoms with Crippen molar-refractivity contribution in [2.45, 2.75) is 44.6 Å². The maximum absolute atomic E-state index is 5.98. The molecule has 0 unspecified atom stereocenters. The first-order valence-corrected chi connectivity index (χ1v) is 7.78. The molecule has 0 saturated carbocycles. The van der Waals surface area contributed by atoms with Crippen molar-refractivity contribution >= 4 is 0 Å². The average Bonchev–Trinajstić information content (AvgIpc) is 2.87. The van der Waals surface area contributed by atoms with Crippen molar-refractivity contribution in [3.8, 4) is 5.88 Å². The molecular formula is C16H24N2O3. The second-order valence-corrected chi connectivity index (χ2v) is 5.64. The molecule has 0 aromatic carbocycles. The van der Waals surface area contributed by atoms with E-state index in [0.717, 1.165) is 38.3 Å². The molecule has 0 N–H and O–H groups in total. The molecule has 5 nitrogen and oxygen atoms in total. The van der Waals surface area contributed by atoms with Gasteiger partial charge in [-0.2, -0.15) is 0 Å². The topological polar surface area (TPSA) is 43.8 Å². The molecule has 5 heteroatoms. The van der Waals surface area contributed by atoms with Gasteiger partial charge in [-0.05, 0) is 25.8 Å². The van der Waals surface area contributed by atoms with E-state index < -0.39 is 0 Å². The van der Waals surface area contributed by atoms with Crippen LogP contribution in [-0.2, 0) is 16.0 Å². The van der Waals surface area contributed by atoms with Gasteiger partial charge in [0, 0.05) is 44.1 Å². The molecule has 0 radical (unpaired) electrons. The van der Waals surface area contributed by atoms with E-state index in [-0.39, 0.29) is 12.2 Å². The van der Waals surface area contributed by atoms with Crippen LogP contribution in [0.25, 0.3) is 0 Å². The first-order valence-electron chi connectivity index (χ1n) is 7.78. The smallest absolute Gasteiger partial charge is 0.217 e. The van der Waals surface area contributed by atoms with E-state index >= 15 is 0 Å². The highest BCUT2D eigenvalue weighted by Crippen LogP contribution is 2.32. The zero-order valence-corrected chi connectivity index (χ0v) is 12.8. The summed E-state index contributed by atoms with van der Waals surface area (Å²) in [5.41, 5.74) is 1.13. The fourth-order valence-corrected chi connectivity index (χ4v) is 3.49. The fraction of sp³-hybridized carbons (Fsp3) is 0.688. The molecule has 0 bridgehead atoms. The van der Waals surface area contributed by atoms with Crippen LogP contribution in [0.15, 0.2) is 18.3 Å². The molecule has 2 aliphatic rings. The SMILES string of the molecule is CCO[C@@H]1CN(Cc2cccnc2OC)[C@@H]2CCCO[C@@H]21. The molecule has 3 rings (SSSR count). The third-order valence-corrected chi connectivity index (χ3v) is 4.38. The lowest BCUT2D eigenvalue weighted by atomic mass is 10.0. The third-order valence-electron chi connectivity index (χ3n) is 4.38. The zero-order valence-electron chi connectivity index (χ0n) is 12.8. The second-order valence-electron chi connectivity index (χ2n) is 5.64. The number of likely N-dealkylation sites (tertiary alicyclic amines) is 1. The van der Waals surface area contributed by atoms with E-state index in [2.05, 4.69) is 16.0 Å². The van der Waals surface area contributed by atoms with Crippen molar-refractivity contribution in [3.05, 3.63) is 23.9 Å². The normalized spacial score (nSPS) is 29.3. The average molecular weight is 292 g/mol. The highest BCUT2D eigenvalue weighted by Gasteiger charge is 2.44. The minimum Gasteiger partial charge on any atom is -0.481 e. The van der Waals surface area contributed by atoms with Crippen LogP contribution in [0.5, 0.6) is 5.88 Å². The lowest BCUT2D eigenvalue weighted by Crippen LogP contribution is -2.41. The quantitative estimate of drug-likeness (QED) is 0.829. The van der Waals surface area contributed by atoms with Crippen LogP contribution >= 0.6 is 0 Å². The predicted molar refractivity (Wildman–Crippen MR) is 79.4 cm³/mol. The summed E-state index contributed by atoms with van der Waals surface area (Å²) in [6, 6.07) is 4.49. The standard InChI is InChI=1S/C16H24N2O3/c1-3-20-14-11-18(13-7-5-9-21-15(13)14)10-12-6-4-8-17-16(12)19-2/h4,6,8,13-15H,3,5,7,9-11H2,1-2H3/t13-,14-,15+/m1/s1. The van der Waals surface area contributed by atoms with Crippen LogP contribution in [0.2, 0.25) is 0 Å². The largest absolute Gasteiger partial charge is 0.481 e. The van der Waals surface area contributed by atoms with Crippen LogP contribution in [0.3, 0.4) is 0 Å². The van der Waals surface area contributed by atoms with Crippen LogP contribution in [0, 0.1) is 0 Å². The molecule has 3 heterocycles. The van der Waals surface area contributed by atoms with Crippen molar-refractivity contribution in [2.75, 3.05) is 26.9 Å². The molecule has 21 heavy (non-hydrogen) atoms. The molecule has 116 valence electrons. The number of hydrogen-bond acceptors (Lipinski definition) is 5. The van der Waals surface area contributed by atoms with Crippen LogP contribution in [0.1, 0.15) is 25.3 Å². The monoisotopic (exact) mass is 292 g/mol. The number of methoxy groups -OCH3 is 1. The summed E-state index contributed by atoms with van der Waals surface area (Å²) in [7, 11) is 1.67. The third kappa shape index (κ3) is 3.05. The van der Waals surface area contributed by atoms with Crippen molar-refractivity contribution in [1.29, 1.82) is 0 Å². The number of fused-ring (bicyclic) bond motifs is 1. The minimum absolute atomic E-state index is 0.183. The van der Waals surface area contributed by atoms with Gasteiger partial charge in [0.1, 0.15) is 6.10 Å². The number of ether oxygens (including phenoxy) is 3. The van der Waals surface area contributed by atoms with Crippen molar-refractivity contribution in [3.63, 3.8) is 0 Å². The van der Waals surface area contributed by atoms with Gasteiger partial charge in [-0.1, -0.05) is 6.07 Å². The number of rotatable bonds is 5. The Kier molecular flexibility index (Phi) is 4.73. The number of hydrogen-bond donors (Lipinski definition) is 0. The highest BCUT2D eigenvalue weighted by atomic mass is 16.5. The minimum atomic E-state index is 0.183. The van der Waals surface area contributed by atoms with Gasteiger partial charge >= 0.3 is 0 Å². The van der Waals surface area contributed by atoms with Crippen LogP contribution < -0.4 is 4.74 Å². The Morgan fingerprint density at radius 2 is 2.38 bits per heavy atom. The van der Waals surface area contributed by atoms with E-state index in [0.29, 0.717) is 11.9 Å². The van der Waals surface area contributed by atoms with E-state index in [1.54, 1.807) is 13.3 Å². The predicted octanol–water partition coefficient (Wildman–Crippen LogP) is 1.86. The molecule has 2 fully saturated rings. The Morgan fingerprint density at radius 3 is 3.19 bits per heavy atom. The number of pyridine rings is 1. The van der Waals surface area contributed by atoms with Gasteiger partial charge in [-0.15, -0.1) is 0 Å². The Hall–Kier alpha value is -1.17. The Morgan fingerprint density at radius 1 is 1.48 bits per heavy atom. The van der Waals surface area contributed by atoms with Crippen LogP contribution in [-0.4, -0.2) is 55.0 Å². The lowest BCUT2D eigenvalue weighted by molar-refractivity contribution is -0.0749. The van der Waals surface area contributed by atoms with Gasteiger partial charge in [0.25, 0.3) is 0 Å². The molecule has 2 aliphatic heterocycles. The van der Waals surface area contributed by atoms with Crippen molar-refractivity contribution in [2.24, 2.45) is 0 Å². The number of aromatic nitrogens is 1. The summed E-state index contributed by atoms with van der Waals surface area (Å²) < 4.78 is 17.2. The van der Waals surface area contributed by atoms with E-state index in [9.17, 15) is 0 Å². The molecule has 3 atom stereocenters. The first kappa shape index (κ1) is 14.8. The molecular weight excluding hydrogens is 268 g/mol. The molecule has 0 aliphatic carbocycles. The summed E-state index contributed by atoms with van der Waals surface area (Å²) >= 11 is 0. The van der Waals surface area contributed by atoms with Gasteiger partial charge in [0.2, 0.25) is 5.88 Å². The van der Waals surface area contributed by atoms with E-state index in [1.165, 1.54) is 6.42 Å². The summed E-state index contributed by atoms with van der Waals surface area (Å²) in [4.78, 5) is 6.75. The Balaban J connectivity index is 1.75. The molecule has 2 saturated heterocycles. The van der Waals surface area contributed by atoms with Crippen molar-refractivity contribution < 1.29 is 14.2 Å². The van der Waals surface area contributed by atoms with E-state index in [1.807, 2.05) is 13.0 Å². The maximum atomic E-state index is 5.98. The second kappa shape index (κ2) is 6.73. The molecule has 0 spiro atoms. The van der Waals surface area contributed by atoms with Gasteiger partial charge in [0.05, 0.1) is 13.2 Å². The summed E-state index contributed by atoms with van der Waals surface area (Å²) in [5, 5.41) is 0. The fourth-order valence-electron chi connectivity index (χ4n) is 3.49. The van der Waals surface area contributed by atoms with Gasteiger partial charge < -0.3 is 14.2 Å². The maximum Gasteiger partial charge on any atom is 0.217 e. The highest BCUT2D eigenvalue weighted by molar-refractivity contribution is 5.25. The Bertz CT molecular complexity index is 469. The zero-order chi connectivity index (χ0) is 14.7. The van der Waals surface area contributed by atoms with Gasteiger partial charge in [-0.25, -0.2) is 4.98 Å². The molecule has 0 amide bonds. The molecule has 1 aromatic heterocycles. The summed E-state index contributed by atoms with van der Waals surface area (Å²) in [6.07, 6.45) is 4.46. The van der Waals surface area contributed by atoms with E-state index in [4.69, 9.17) is 14.2 Å². The summed E-state index contributed by atoms with van der Waals surface area (Å²) in [6.45, 7) is 5.40. The van der Waals surface area contributed by atoms with Gasteiger partial charge in [-0.3, -0.25) is 4.90 Å². The summed E-state index contributed by atoms with van der Waals surface area (Å²) in [5.74, 6) is 0.714. The first-order chi connectivity index (χ1) is 10.3. The van der Waals surface area contributed by atoms with Crippen LogP contribution in [0.4, 0.5) is 0 Å². The Labute approximate surface area is 126 Å². The lowest BCUT2D eigenvalue weighted by Gasteiger charge is -2.32. The van der Waals surface area contributed by atoms with Crippen molar-refractivity contribution in [1.82, 2.24) is 9.88 Å². The van der Waals surface area contributed by atoms with Gasteiger partial charge in [0.15, 0.2) is 0 Å². The number of nitrogens with zero attached hydrogens (tertiary/aromatic N) is 2. The molecule has 1 aromatic rings.